The maximum Gasteiger partial charge on any atom is 0.123 e. The van der Waals surface area contributed by atoms with E-state index in [0.29, 0.717) is 12.6 Å². The summed E-state index contributed by atoms with van der Waals surface area (Å²) < 4.78 is 6.59. The molecule has 1 saturated carbocycles. The molecule has 4 heteroatoms. The van der Waals surface area contributed by atoms with Gasteiger partial charge in [-0.05, 0) is 44.0 Å². The molecule has 2 rings (SSSR count). The van der Waals surface area contributed by atoms with Crippen molar-refractivity contribution in [3.05, 3.63) is 28.2 Å². The lowest BCUT2D eigenvalue weighted by atomic mass is 10.0. The summed E-state index contributed by atoms with van der Waals surface area (Å²) in [6, 6.07) is 7.12. The Bertz CT molecular complexity index is 421. The summed E-state index contributed by atoms with van der Waals surface area (Å²) in [6.07, 6.45) is 3.75. The second kappa shape index (κ2) is 6.73. The summed E-state index contributed by atoms with van der Waals surface area (Å²) in [6.45, 7) is 3.95. The third-order valence-corrected chi connectivity index (χ3v) is 4.17. The van der Waals surface area contributed by atoms with Gasteiger partial charge in [0.25, 0.3) is 0 Å². The van der Waals surface area contributed by atoms with Crippen LogP contribution in [0.25, 0.3) is 0 Å². The number of nitrogens with zero attached hydrogens (tertiary/aromatic N) is 1. The van der Waals surface area contributed by atoms with Crippen LogP contribution in [0.3, 0.4) is 0 Å². The molecule has 1 aliphatic carbocycles. The van der Waals surface area contributed by atoms with Crippen molar-refractivity contribution in [3.8, 4) is 5.75 Å². The predicted octanol–water partition coefficient (Wildman–Crippen LogP) is 3.33. The fourth-order valence-electron chi connectivity index (χ4n) is 2.66. The highest BCUT2D eigenvalue weighted by Gasteiger charge is 2.34. The lowest BCUT2D eigenvalue weighted by Crippen LogP contribution is -2.36. The van der Waals surface area contributed by atoms with Crippen molar-refractivity contribution in [2.75, 3.05) is 20.2 Å². The van der Waals surface area contributed by atoms with Gasteiger partial charge in [0.2, 0.25) is 0 Å². The Balaban J connectivity index is 2.31. The van der Waals surface area contributed by atoms with Crippen LogP contribution < -0.4 is 10.5 Å². The number of benzene rings is 1. The summed E-state index contributed by atoms with van der Waals surface area (Å²) in [5, 5.41) is 0. The number of hydrogen-bond donors (Lipinski definition) is 1. The van der Waals surface area contributed by atoms with Crippen molar-refractivity contribution in [2.45, 2.75) is 38.3 Å². The van der Waals surface area contributed by atoms with Crippen LogP contribution >= 0.6 is 15.9 Å². The molecule has 1 aliphatic rings. The van der Waals surface area contributed by atoms with E-state index < -0.39 is 0 Å². The molecular weight excluding hydrogens is 304 g/mol. The molecule has 0 saturated heterocycles. The number of methoxy groups -OCH3 is 1. The summed E-state index contributed by atoms with van der Waals surface area (Å²) in [5.74, 6) is 0.931. The Morgan fingerprint density at radius 1 is 1.47 bits per heavy atom. The normalized spacial score (nSPS) is 16.7. The molecule has 1 atom stereocenters. The highest BCUT2D eigenvalue weighted by atomic mass is 79.9. The van der Waals surface area contributed by atoms with Crippen molar-refractivity contribution in [1.82, 2.24) is 4.90 Å². The van der Waals surface area contributed by atoms with Crippen LogP contribution in [0.1, 0.15) is 37.8 Å². The van der Waals surface area contributed by atoms with Gasteiger partial charge in [-0.3, -0.25) is 4.90 Å². The highest BCUT2D eigenvalue weighted by Crippen LogP contribution is 2.38. The molecule has 0 aromatic heterocycles. The Kier molecular flexibility index (Phi) is 5.25. The number of nitrogens with two attached hydrogens (primary N) is 1. The van der Waals surface area contributed by atoms with Crippen molar-refractivity contribution in [2.24, 2.45) is 5.73 Å². The number of rotatable bonds is 7. The Hall–Kier alpha value is -0.580. The smallest absolute Gasteiger partial charge is 0.123 e. The summed E-state index contributed by atoms with van der Waals surface area (Å²) in [4.78, 5) is 2.55. The molecule has 0 heterocycles. The van der Waals surface area contributed by atoms with Crippen LogP contribution in [-0.4, -0.2) is 31.1 Å². The van der Waals surface area contributed by atoms with E-state index in [1.165, 1.54) is 18.4 Å². The molecule has 2 N–H and O–H groups in total. The van der Waals surface area contributed by atoms with Gasteiger partial charge in [0.1, 0.15) is 5.75 Å². The van der Waals surface area contributed by atoms with E-state index in [1.807, 2.05) is 12.1 Å². The van der Waals surface area contributed by atoms with Crippen molar-refractivity contribution in [3.63, 3.8) is 0 Å². The van der Waals surface area contributed by atoms with Crippen molar-refractivity contribution in [1.29, 1.82) is 0 Å². The molecular formula is C15H23BrN2O. The second-order valence-electron chi connectivity index (χ2n) is 5.11. The zero-order valence-electron chi connectivity index (χ0n) is 11.7. The summed E-state index contributed by atoms with van der Waals surface area (Å²) in [5.41, 5.74) is 7.26. The van der Waals surface area contributed by atoms with Crippen LogP contribution in [0.15, 0.2) is 22.7 Å². The van der Waals surface area contributed by atoms with E-state index in [4.69, 9.17) is 10.5 Å². The van der Waals surface area contributed by atoms with Crippen LogP contribution in [-0.2, 0) is 0 Å². The molecule has 0 bridgehead atoms. The van der Waals surface area contributed by atoms with Crippen LogP contribution in [0.4, 0.5) is 0 Å². The van der Waals surface area contributed by atoms with Gasteiger partial charge in [0.15, 0.2) is 0 Å². The number of hydrogen-bond acceptors (Lipinski definition) is 3. The third kappa shape index (κ3) is 3.50. The average molecular weight is 327 g/mol. The van der Waals surface area contributed by atoms with E-state index in [0.717, 1.165) is 23.2 Å². The van der Waals surface area contributed by atoms with Gasteiger partial charge in [-0.1, -0.05) is 22.9 Å². The summed E-state index contributed by atoms with van der Waals surface area (Å²) in [7, 11) is 1.72. The first-order valence-corrected chi connectivity index (χ1v) is 7.79. The van der Waals surface area contributed by atoms with E-state index in [-0.39, 0.29) is 6.04 Å². The van der Waals surface area contributed by atoms with Gasteiger partial charge in [-0.15, -0.1) is 0 Å². The van der Waals surface area contributed by atoms with Crippen LogP contribution in [0, 0.1) is 0 Å². The molecule has 19 heavy (non-hydrogen) atoms. The minimum atomic E-state index is 0.250. The van der Waals surface area contributed by atoms with E-state index in [1.54, 1.807) is 7.11 Å². The molecule has 1 aromatic carbocycles. The molecule has 1 unspecified atom stereocenters. The maximum absolute atomic E-state index is 6.06. The minimum Gasteiger partial charge on any atom is -0.496 e. The topological polar surface area (TPSA) is 38.5 Å². The minimum absolute atomic E-state index is 0.250. The molecule has 0 radical (unpaired) electrons. The van der Waals surface area contributed by atoms with Crippen LogP contribution in [0.2, 0.25) is 0 Å². The van der Waals surface area contributed by atoms with Gasteiger partial charge in [0.05, 0.1) is 13.2 Å². The SMILES string of the molecule is CCCN(C1CC1)C(CN)c1cc(Br)ccc1OC. The van der Waals surface area contributed by atoms with Crippen LogP contribution in [0.5, 0.6) is 5.75 Å². The fourth-order valence-corrected chi connectivity index (χ4v) is 3.04. The molecule has 0 aliphatic heterocycles. The molecule has 1 fully saturated rings. The standard InChI is InChI=1S/C15H23BrN2O/c1-3-8-18(12-5-6-12)14(10-17)13-9-11(16)4-7-15(13)19-2/h4,7,9,12,14H,3,5-6,8,10,17H2,1-2H3. The largest absolute Gasteiger partial charge is 0.496 e. The van der Waals surface area contributed by atoms with Crippen molar-refractivity contribution < 1.29 is 4.74 Å². The third-order valence-electron chi connectivity index (χ3n) is 3.67. The van der Waals surface area contributed by atoms with Gasteiger partial charge >= 0.3 is 0 Å². The van der Waals surface area contributed by atoms with E-state index >= 15 is 0 Å². The summed E-state index contributed by atoms with van der Waals surface area (Å²) >= 11 is 3.55. The van der Waals surface area contributed by atoms with Crippen molar-refractivity contribution >= 4 is 15.9 Å². The van der Waals surface area contributed by atoms with E-state index in [2.05, 4.69) is 33.8 Å². The molecule has 3 nitrogen and oxygen atoms in total. The van der Waals surface area contributed by atoms with Gasteiger partial charge in [-0.25, -0.2) is 0 Å². The van der Waals surface area contributed by atoms with Gasteiger partial charge < -0.3 is 10.5 Å². The first-order valence-electron chi connectivity index (χ1n) is 7.00. The lowest BCUT2D eigenvalue weighted by Gasteiger charge is -2.32. The van der Waals surface area contributed by atoms with Gasteiger partial charge in [0, 0.05) is 22.6 Å². The quantitative estimate of drug-likeness (QED) is 0.835. The van der Waals surface area contributed by atoms with E-state index in [9.17, 15) is 0 Å². The zero-order chi connectivity index (χ0) is 13.8. The number of halogens is 1. The maximum atomic E-state index is 6.06. The highest BCUT2D eigenvalue weighted by molar-refractivity contribution is 9.10. The first kappa shape index (κ1) is 14.8. The monoisotopic (exact) mass is 326 g/mol. The predicted molar refractivity (Wildman–Crippen MR) is 82.5 cm³/mol. The molecule has 0 amide bonds. The average Bonchev–Trinajstić information content (AvgIpc) is 3.23. The second-order valence-corrected chi connectivity index (χ2v) is 6.02. The molecule has 1 aromatic rings. The fraction of sp³-hybridized carbons (Fsp3) is 0.600. The number of ether oxygens (including phenoxy) is 1. The van der Waals surface area contributed by atoms with Gasteiger partial charge in [-0.2, -0.15) is 0 Å². The Morgan fingerprint density at radius 2 is 2.21 bits per heavy atom. The Labute approximate surface area is 124 Å². The lowest BCUT2D eigenvalue weighted by molar-refractivity contribution is 0.188. The molecule has 0 spiro atoms. The zero-order valence-corrected chi connectivity index (χ0v) is 13.3. The molecule has 106 valence electrons. The Morgan fingerprint density at radius 3 is 2.74 bits per heavy atom. The first-order chi connectivity index (χ1) is 9.21.